The molecule has 0 radical (unpaired) electrons. The van der Waals surface area contributed by atoms with Crippen LogP contribution in [0.25, 0.3) is 0 Å². The number of benzene rings is 1. The number of carbonyl (C=O) groups excluding carboxylic acids is 1. The third-order valence-corrected chi connectivity index (χ3v) is 5.46. The average molecular weight is 381 g/mol. The summed E-state index contributed by atoms with van der Waals surface area (Å²) in [5, 5.41) is 3.34. The summed E-state index contributed by atoms with van der Waals surface area (Å²) in [5.41, 5.74) is 2.50. The Kier molecular flexibility index (Phi) is 5.71. The molecule has 0 aliphatic carbocycles. The van der Waals surface area contributed by atoms with E-state index in [1.807, 2.05) is 23.1 Å². The molecule has 0 saturated carbocycles. The fraction of sp³-hybridized carbons (Fsp3) is 0.476. The molecular weight excluding hydrogens is 354 g/mol. The zero-order valence-electron chi connectivity index (χ0n) is 16.3. The van der Waals surface area contributed by atoms with Gasteiger partial charge in [0.25, 0.3) is 5.91 Å². The first-order valence-electron chi connectivity index (χ1n) is 10.0. The number of hydrogen-bond acceptors (Lipinski definition) is 6. The second-order valence-corrected chi connectivity index (χ2v) is 7.50. The number of hydrogen-bond donors (Lipinski definition) is 1. The van der Waals surface area contributed by atoms with E-state index >= 15 is 0 Å². The lowest BCUT2D eigenvalue weighted by molar-refractivity contribution is 0.0691. The molecule has 0 bridgehead atoms. The number of piperidine rings is 1. The Morgan fingerprint density at radius 2 is 1.82 bits per heavy atom. The van der Waals surface area contributed by atoms with E-state index in [0.29, 0.717) is 17.4 Å². The van der Waals surface area contributed by atoms with Crippen LogP contribution in [0, 0.1) is 5.92 Å². The number of amides is 1. The van der Waals surface area contributed by atoms with Crippen LogP contribution in [-0.4, -0.2) is 60.2 Å². The van der Waals surface area contributed by atoms with E-state index in [9.17, 15) is 4.79 Å². The third kappa shape index (κ3) is 4.25. The topological polar surface area (TPSA) is 70.6 Å². The Labute approximate surface area is 165 Å². The van der Waals surface area contributed by atoms with Gasteiger partial charge in [0.05, 0.1) is 37.0 Å². The van der Waals surface area contributed by atoms with Crippen molar-refractivity contribution in [2.75, 3.05) is 49.6 Å². The number of nitrogens with zero attached hydrogens (tertiary/aromatic N) is 4. The maximum atomic E-state index is 12.6. The van der Waals surface area contributed by atoms with Gasteiger partial charge in [0.15, 0.2) is 0 Å². The standard InChI is InChI=1S/C21H27N5O2/c1-16-6-8-26(9-7-16)21(27)18-14-23-20(15-22-18)24-17-4-2-3-5-19(17)25-10-12-28-13-11-25/h2-5,14-16H,6-13H2,1H3,(H,23,24). The highest BCUT2D eigenvalue weighted by atomic mass is 16.5. The minimum atomic E-state index is -0.0281. The summed E-state index contributed by atoms with van der Waals surface area (Å²) < 4.78 is 5.45. The Morgan fingerprint density at radius 1 is 1.07 bits per heavy atom. The summed E-state index contributed by atoms with van der Waals surface area (Å²) in [4.78, 5) is 25.6. The minimum Gasteiger partial charge on any atom is -0.378 e. The highest BCUT2D eigenvalue weighted by molar-refractivity contribution is 5.92. The number of para-hydroxylation sites is 2. The smallest absolute Gasteiger partial charge is 0.274 e. The predicted octanol–water partition coefficient (Wildman–Crippen LogP) is 2.93. The lowest BCUT2D eigenvalue weighted by atomic mass is 9.99. The molecule has 0 unspecified atom stereocenters. The predicted molar refractivity (Wildman–Crippen MR) is 109 cm³/mol. The van der Waals surface area contributed by atoms with Gasteiger partial charge in [-0.25, -0.2) is 9.97 Å². The molecule has 2 aliphatic heterocycles. The molecule has 1 aromatic carbocycles. The van der Waals surface area contributed by atoms with Gasteiger partial charge in [-0.1, -0.05) is 19.1 Å². The van der Waals surface area contributed by atoms with Crippen molar-refractivity contribution in [1.82, 2.24) is 14.9 Å². The Morgan fingerprint density at radius 3 is 2.54 bits per heavy atom. The molecule has 0 atom stereocenters. The SMILES string of the molecule is CC1CCN(C(=O)c2cnc(Nc3ccccc3N3CCOCC3)cn2)CC1. The van der Waals surface area contributed by atoms with Gasteiger partial charge in [-0.15, -0.1) is 0 Å². The van der Waals surface area contributed by atoms with E-state index in [1.54, 1.807) is 12.4 Å². The van der Waals surface area contributed by atoms with Crippen LogP contribution in [-0.2, 0) is 4.74 Å². The number of anilines is 3. The van der Waals surface area contributed by atoms with Crippen molar-refractivity contribution in [2.45, 2.75) is 19.8 Å². The lowest BCUT2D eigenvalue weighted by Crippen LogP contribution is -2.38. The van der Waals surface area contributed by atoms with Crippen LogP contribution in [0.4, 0.5) is 17.2 Å². The normalized spacial score (nSPS) is 18.2. The van der Waals surface area contributed by atoms with Crippen molar-refractivity contribution in [3.63, 3.8) is 0 Å². The number of carbonyl (C=O) groups is 1. The zero-order valence-corrected chi connectivity index (χ0v) is 16.3. The van der Waals surface area contributed by atoms with Crippen molar-refractivity contribution in [3.05, 3.63) is 42.4 Å². The van der Waals surface area contributed by atoms with E-state index in [1.165, 1.54) is 0 Å². The van der Waals surface area contributed by atoms with Crippen molar-refractivity contribution in [3.8, 4) is 0 Å². The first-order valence-corrected chi connectivity index (χ1v) is 10.0. The van der Waals surface area contributed by atoms with E-state index in [4.69, 9.17) is 4.74 Å². The minimum absolute atomic E-state index is 0.0281. The van der Waals surface area contributed by atoms with E-state index in [-0.39, 0.29) is 5.91 Å². The zero-order chi connectivity index (χ0) is 19.3. The average Bonchev–Trinajstić information content (AvgIpc) is 2.75. The monoisotopic (exact) mass is 381 g/mol. The number of rotatable bonds is 4. The third-order valence-electron chi connectivity index (χ3n) is 5.46. The van der Waals surface area contributed by atoms with Gasteiger partial charge in [-0.3, -0.25) is 4.79 Å². The summed E-state index contributed by atoms with van der Waals surface area (Å²) in [5.74, 6) is 1.29. The molecular formula is C21H27N5O2. The number of morpholine rings is 1. The highest BCUT2D eigenvalue weighted by Gasteiger charge is 2.22. The van der Waals surface area contributed by atoms with Crippen LogP contribution < -0.4 is 10.2 Å². The van der Waals surface area contributed by atoms with Crippen LogP contribution in [0.3, 0.4) is 0 Å². The second-order valence-electron chi connectivity index (χ2n) is 7.50. The summed E-state index contributed by atoms with van der Waals surface area (Å²) in [6.45, 7) is 7.04. The number of nitrogens with one attached hydrogen (secondary N) is 1. The van der Waals surface area contributed by atoms with Gasteiger partial charge < -0.3 is 19.9 Å². The van der Waals surface area contributed by atoms with Crippen LogP contribution in [0.1, 0.15) is 30.3 Å². The molecule has 0 spiro atoms. The van der Waals surface area contributed by atoms with E-state index in [0.717, 1.165) is 63.6 Å². The molecule has 1 aromatic heterocycles. The molecule has 1 N–H and O–H groups in total. The van der Waals surface area contributed by atoms with Crippen molar-refractivity contribution >= 4 is 23.1 Å². The molecule has 7 nitrogen and oxygen atoms in total. The molecule has 148 valence electrons. The van der Waals surface area contributed by atoms with Crippen molar-refractivity contribution < 1.29 is 9.53 Å². The van der Waals surface area contributed by atoms with Gasteiger partial charge in [-0.2, -0.15) is 0 Å². The van der Waals surface area contributed by atoms with Gasteiger partial charge in [0, 0.05) is 26.2 Å². The van der Waals surface area contributed by atoms with Crippen LogP contribution in [0.5, 0.6) is 0 Å². The number of likely N-dealkylation sites (tertiary alicyclic amines) is 1. The quantitative estimate of drug-likeness (QED) is 0.878. The number of aromatic nitrogens is 2. The molecule has 7 heteroatoms. The first kappa shape index (κ1) is 18.7. The second kappa shape index (κ2) is 8.56. The molecule has 2 aromatic rings. The maximum absolute atomic E-state index is 12.6. The maximum Gasteiger partial charge on any atom is 0.274 e. The van der Waals surface area contributed by atoms with Gasteiger partial charge in [-0.05, 0) is 30.9 Å². The molecule has 4 rings (SSSR count). The van der Waals surface area contributed by atoms with E-state index < -0.39 is 0 Å². The van der Waals surface area contributed by atoms with Crippen LogP contribution in [0.2, 0.25) is 0 Å². The summed E-state index contributed by atoms with van der Waals surface area (Å²) in [7, 11) is 0. The molecule has 1 amide bonds. The Hall–Kier alpha value is -2.67. The molecule has 28 heavy (non-hydrogen) atoms. The fourth-order valence-corrected chi connectivity index (χ4v) is 3.67. The largest absolute Gasteiger partial charge is 0.378 e. The Balaban J connectivity index is 1.44. The van der Waals surface area contributed by atoms with Gasteiger partial charge in [0.2, 0.25) is 0 Å². The van der Waals surface area contributed by atoms with Crippen LogP contribution in [0.15, 0.2) is 36.7 Å². The van der Waals surface area contributed by atoms with Crippen LogP contribution >= 0.6 is 0 Å². The summed E-state index contributed by atoms with van der Waals surface area (Å²) in [6, 6.07) is 8.15. The summed E-state index contributed by atoms with van der Waals surface area (Å²) >= 11 is 0. The first-order chi connectivity index (χ1) is 13.7. The van der Waals surface area contributed by atoms with Gasteiger partial charge >= 0.3 is 0 Å². The number of ether oxygens (including phenoxy) is 1. The molecule has 2 aliphatic rings. The van der Waals surface area contributed by atoms with E-state index in [2.05, 4.69) is 33.2 Å². The highest BCUT2D eigenvalue weighted by Crippen LogP contribution is 2.28. The molecule has 2 fully saturated rings. The molecule has 3 heterocycles. The molecule has 2 saturated heterocycles. The summed E-state index contributed by atoms with van der Waals surface area (Å²) in [6.07, 6.45) is 5.31. The lowest BCUT2D eigenvalue weighted by Gasteiger charge is -2.30. The van der Waals surface area contributed by atoms with Crippen molar-refractivity contribution in [1.29, 1.82) is 0 Å². The van der Waals surface area contributed by atoms with Gasteiger partial charge in [0.1, 0.15) is 11.5 Å². The fourth-order valence-electron chi connectivity index (χ4n) is 3.67. The van der Waals surface area contributed by atoms with Crippen molar-refractivity contribution in [2.24, 2.45) is 5.92 Å². The Bertz CT molecular complexity index is 797.